The molecule has 0 radical (unpaired) electrons. The van der Waals surface area contributed by atoms with E-state index >= 15 is 0 Å². The second-order valence-electron chi connectivity index (χ2n) is 4.41. The number of aliphatic hydroxyl groups is 1. The normalized spacial score (nSPS) is 15.5. The van der Waals surface area contributed by atoms with E-state index in [1.54, 1.807) is 6.20 Å². The molecule has 0 fully saturated rings. The van der Waals surface area contributed by atoms with Crippen LogP contribution in [0.5, 0.6) is 0 Å². The fourth-order valence-corrected chi connectivity index (χ4v) is 1.72. The zero-order valence-corrected chi connectivity index (χ0v) is 9.70. The summed E-state index contributed by atoms with van der Waals surface area (Å²) in [6, 6.07) is 2.30. The van der Waals surface area contributed by atoms with Crippen molar-refractivity contribution in [3.05, 3.63) is 18.0 Å². The van der Waals surface area contributed by atoms with E-state index < -0.39 is 0 Å². The minimum Gasteiger partial charge on any atom is -0.395 e. The van der Waals surface area contributed by atoms with E-state index in [1.807, 2.05) is 6.07 Å². The number of H-pyrrole nitrogens is 1. The molecule has 2 unspecified atom stereocenters. The van der Waals surface area contributed by atoms with Crippen LogP contribution in [-0.4, -0.2) is 28.0 Å². The van der Waals surface area contributed by atoms with E-state index in [1.165, 1.54) is 0 Å². The Morgan fingerprint density at radius 3 is 2.67 bits per heavy atom. The highest BCUT2D eigenvalue weighted by Crippen LogP contribution is 2.12. The Morgan fingerprint density at radius 2 is 2.20 bits per heavy atom. The molecule has 1 aromatic heterocycles. The summed E-state index contributed by atoms with van der Waals surface area (Å²) in [4.78, 5) is 0. The Morgan fingerprint density at radius 1 is 1.47 bits per heavy atom. The minimum atomic E-state index is 0.156. The highest BCUT2D eigenvalue weighted by atomic mass is 16.3. The molecule has 4 heteroatoms. The summed E-state index contributed by atoms with van der Waals surface area (Å²) in [5.74, 6) is 0.587. The summed E-state index contributed by atoms with van der Waals surface area (Å²) >= 11 is 0. The molecule has 1 aromatic rings. The van der Waals surface area contributed by atoms with Crippen molar-refractivity contribution in [1.82, 2.24) is 15.5 Å². The van der Waals surface area contributed by atoms with Gasteiger partial charge in [-0.25, -0.2) is 0 Å². The second-order valence-corrected chi connectivity index (χ2v) is 4.41. The van der Waals surface area contributed by atoms with Gasteiger partial charge < -0.3 is 10.4 Å². The third-order valence-corrected chi connectivity index (χ3v) is 2.45. The Bertz CT molecular complexity index is 259. The van der Waals surface area contributed by atoms with Crippen molar-refractivity contribution in [3.8, 4) is 0 Å². The highest BCUT2D eigenvalue weighted by molar-refractivity contribution is 5.03. The van der Waals surface area contributed by atoms with Crippen molar-refractivity contribution < 1.29 is 5.11 Å². The van der Waals surface area contributed by atoms with Crippen LogP contribution in [-0.2, 0) is 0 Å². The predicted molar refractivity (Wildman–Crippen MR) is 60.5 cm³/mol. The third-order valence-electron chi connectivity index (χ3n) is 2.45. The van der Waals surface area contributed by atoms with Crippen molar-refractivity contribution in [3.63, 3.8) is 0 Å². The average molecular weight is 211 g/mol. The number of rotatable bonds is 6. The van der Waals surface area contributed by atoms with E-state index in [0.717, 1.165) is 12.1 Å². The standard InChI is InChI=1S/C11H21N3O/c1-8(2)6-10(7-15)13-9(3)11-4-5-12-14-11/h4-5,8-10,13,15H,6-7H2,1-3H3,(H,12,14). The van der Waals surface area contributed by atoms with Crippen LogP contribution in [0.4, 0.5) is 0 Å². The number of aromatic amines is 1. The van der Waals surface area contributed by atoms with Gasteiger partial charge in [-0.15, -0.1) is 0 Å². The van der Waals surface area contributed by atoms with Gasteiger partial charge in [0.2, 0.25) is 0 Å². The van der Waals surface area contributed by atoms with Gasteiger partial charge in [0.25, 0.3) is 0 Å². The molecule has 86 valence electrons. The molecule has 0 amide bonds. The van der Waals surface area contributed by atoms with Crippen molar-refractivity contribution in [1.29, 1.82) is 0 Å². The molecule has 2 atom stereocenters. The van der Waals surface area contributed by atoms with E-state index in [9.17, 15) is 5.11 Å². The lowest BCUT2D eigenvalue weighted by Gasteiger charge is -2.22. The zero-order valence-electron chi connectivity index (χ0n) is 9.70. The van der Waals surface area contributed by atoms with Crippen molar-refractivity contribution in [2.45, 2.75) is 39.3 Å². The second kappa shape index (κ2) is 5.88. The summed E-state index contributed by atoms with van der Waals surface area (Å²) < 4.78 is 0. The lowest BCUT2D eigenvalue weighted by Crippen LogP contribution is -2.35. The molecule has 15 heavy (non-hydrogen) atoms. The summed E-state index contributed by atoms with van der Waals surface area (Å²) in [5, 5.41) is 19.4. The van der Waals surface area contributed by atoms with Gasteiger partial charge in [-0.3, -0.25) is 5.10 Å². The molecule has 0 aliphatic rings. The number of aromatic nitrogens is 2. The van der Waals surface area contributed by atoms with E-state index in [4.69, 9.17) is 0 Å². The maximum absolute atomic E-state index is 9.23. The van der Waals surface area contributed by atoms with Crippen LogP contribution in [0.3, 0.4) is 0 Å². The molecule has 4 nitrogen and oxygen atoms in total. The molecule has 1 rings (SSSR count). The van der Waals surface area contributed by atoms with Crippen LogP contribution < -0.4 is 5.32 Å². The first-order valence-corrected chi connectivity index (χ1v) is 5.49. The molecule has 0 aromatic carbocycles. The fraction of sp³-hybridized carbons (Fsp3) is 0.727. The summed E-state index contributed by atoms with van der Waals surface area (Å²) in [7, 11) is 0. The van der Waals surface area contributed by atoms with E-state index in [2.05, 4.69) is 36.3 Å². The maximum Gasteiger partial charge on any atom is 0.0584 e. The molecule has 1 heterocycles. The van der Waals surface area contributed by atoms with Crippen molar-refractivity contribution in [2.75, 3.05) is 6.61 Å². The van der Waals surface area contributed by atoms with Crippen LogP contribution in [0, 0.1) is 5.92 Å². The summed E-state index contributed by atoms with van der Waals surface area (Å²) in [6.45, 7) is 6.56. The first-order valence-electron chi connectivity index (χ1n) is 5.49. The molecule has 3 N–H and O–H groups in total. The number of hydrogen-bond acceptors (Lipinski definition) is 3. The third kappa shape index (κ3) is 4.01. The topological polar surface area (TPSA) is 60.9 Å². The maximum atomic E-state index is 9.23. The number of aliphatic hydroxyl groups excluding tert-OH is 1. The quantitative estimate of drug-likeness (QED) is 0.667. The lowest BCUT2D eigenvalue weighted by molar-refractivity contribution is 0.214. The highest BCUT2D eigenvalue weighted by Gasteiger charge is 2.14. The molecule has 0 aliphatic heterocycles. The van der Waals surface area contributed by atoms with Crippen LogP contribution in [0.1, 0.15) is 38.9 Å². The monoisotopic (exact) mass is 211 g/mol. The number of nitrogens with zero attached hydrogens (tertiary/aromatic N) is 1. The van der Waals surface area contributed by atoms with Gasteiger partial charge in [0, 0.05) is 18.3 Å². The molecule has 0 aliphatic carbocycles. The van der Waals surface area contributed by atoms with E-state index in [0.29, 0.717) is 5.92 Å². The van der Waals surface area contributed by atoms with Crippen molar-refractivity contribution >= 4 is 0 Å². The smallest absolute Gasteiger partial charge is 0.0584 e. The van der Waals surface area contributed by atoms with Gasteiger partial charge in [0.1, 0.15) is 0 Å². The molecular weight excluding hydrogens is 190 g/mol. The molecule has 0 spiro atoms. The first kappa shape index (κ1) is 12.2. The van der Waals surface area contributed by atoms with Crippen LogP contribution in [0.2, 0.25) is 0 Å². The number of hydrogen-bond donors (Lipinski definition) is 3. The first-order chi connectivity index (χ1) is 7.13. The lowest BCUT2D eigenvalue weighted by atomic mass is 10.0. The average Bonchev–Trinajstić information content (AvgIpc) is 2.68. The van der Waals surface area contributed by atoms with Gasteiger partial charge in [0.05, 0.1) is 12.3 Å². The Hall–Kier alpha value is -0.870. The molecular formula is C11H21N3O. The SMILES string of the molecule is CC(C)CC(CO)NC(C)c1ccn[nH]1. The fourth-order valence-electron chi connectivity index (χ4n) is 1.72. The predicted octanol–water partition coefficient (Wildman–Crippen LogP) is 1.47. The van der Waals surface area contributed by atoms with Gasteiger partial charge in [-0.05, 0) is 25.3 Å². The zero-order chi connectivity index (χ0) is 11.3. The van der Waals surface area contributed by atoms with Gasteiger partial charge in [-0.2, -0.15) is 5.10 Å². The van der Waals surface area contributed by atoms with Crippen LogP contribution in [0.15, 0.2) is 12.3 Å². The summed E-state index contributed by atoms with van der Waals surface area (Å²) in [6.07, 6.45) is 2.72. The van der Waals surface area contributed by atoms with Crippen molar-refractivity contribution in [2.24, 2.45) is 5.92 Å². The largest absolute Gasteiger partial charge is 0.395 e. The summed E-state index contributed by atoms with van der Waals surface area (Å²) in [5.41, 5.74) is 1.05. The molecule has 0 bridgehead atoms. The van der Waals surface area contributed by atoms with Gasteiger partial charge in [-0.1, -0.05) is 13.8 Å². The number of nitrogens with one attached hydrogen (secondary N) is 2. The Kier molecular flexibility index (Phi) is 4.78. The Labute approximate surface area is 91.1 Å². The Balaban J connectivity index is 2.44. The van der Waals surface area contributed by atoms with Crippen LogP contribution >= 0.6 is 0 Å². The van der Waals surface area contributed by atoms with E-state index in [-0.39, 0.29) is 18.7 Å². The van der Waals surface area contributed by atoms with Crippen LogP contribution in [0.25, 0.3) is 0 Å². The molecule has 0 saturated carbocycles. The molecule has 0 saturated heterocycles. The minimum absolute atomic E-state index is 0.156. The van der Waals surface area contributed by atoms with Gasteiger partial charge in [0.15, 0.2) is 0 Å². The van der Waals surface area contributed by atoms with Gasteiger partial charge >= 0.3 is 0 Å².